The Morgan fingerprint density at radius 1 is 1.17 bits per heavy atom. The van der Waals surface area contributed by atoms with Crippen LogP contribution in [0.25, 0.3) is 0 Å². The van der Waals surface area contributed by atoms with Crippen molar-refractivity contribution in [3.05, 3.63) is 11.6 Å². The third kappa shape index (κ3) is 7.51. The van der Waals surface area contributed by atoms with Crippen molar-refractivity contribution in [1.29, 1.82) is 0 Å². The molecule has 0 spiro atoms. The van der Waals surface area contributed by atoms with E-state index >= 15 is 0 Å². The van der Waals surface area contributed by atoms with Crippen molar-refractivity contribution >= 4 is 29.5 Å². The average Bonchev–Trinajstić information content (AvgIpc) is 2.86. The van der Waals surface area contributed by atoms with Gasteiger partial charge in [0.25, 0.3) is 0 Å². The largest absolute Gasteiger partial charge is 0.474 e. The van der Waals surface area contributed by atoms with E-state index in [4.69, 9.17) is 9.72 Å². The topological polar surface area (TPSA) is 53.0 Å². The highest BCUT2D eigenvalue weighted by atomic mass is 32.2. The molecule has 3 aliphatic rings. The molecule has 1 N–H and O–H groups in total. The number of ether oxygens (including phenoxy) is 1. The highest BCUT2D eigenvalue weighted by Gasteiger charge is 2.34. The summed E-state index contributed by atoms with van der Waals surface area (Å²) in [5, 5.41) is 4.69. The zero-order chi connectivity index (χ0) is 24.5. The molecule has 3 heterocycles. The second kappa shape index (κ2) is 13.7. The third-order valence-corrected chi connectivity index (χ3v) is 8.90. The number of rotatable bonds is 12. The van der Waals surface area contributed by atoms with Crippen LogP contribution in [0.2, 0.25) is 0 Å². The van der Waals surface area contributed by atoms with Crippen molar-refractivity contribution in [2.45, 2.75) is 97.1 Å². The lowest BCUT2D eigenvalue weighted by Crippen LogP contribution is -2.61. The molecule has 4 rings (SSSR count). The Morgan fingerprint density at radius 3 is 2.66 bits per heavy atom. The van der Waals surface area contributed by atoms with Gasteiger partial charge in [-0.05, 0) is 51.4 Å². The number of aromatic nitrogens is 1. The van der Waals surface area contributed by atoms with Crippen molar-refractivity contribution < 1.29 is 4.74 Å². The van der Waals surface area contributed by atoms with Gasteiger partial charge in [0, 0.05) is 61.6 Å². The van der Waals surface area contributed by atoms with E-state index in [1.165, 1.54) is 75.1 Å². The summed E-state index contributed by atoms with van der Waals surface area (Å²) in [6.07, 6.45) is 14.7. The number of hydrazone groups is 1. The van der Waals surface area contributed by atoms with Gasteiger partial charge >= 0.3 is 0 Å². The van der Waals surface area contributed by atoms with E-state index in [-0.39, 0.29) is 0 Å². The van der Waals surface area contributed by atoms with Crippen LogP contribution < -0.4 is 15.1 Å². The van der Waals surface area contributed by atoms with E-state index in [2.05, 4.69) is 65.1 Å². The van der Waals surface area contributed by atoms with Crippen LogP contribution in [0.15, 0.2) is 11.2 Å². The molecule has 6 nitrogen and oxygen atoms in total. The summed E-state index contributed by atoms with van der Waals surface area (Å²) < 4.78 is 6.42. The number of pyridine rings is 1. The summed E-state index contributed by atoms with van der Waals surface area (Å²) >= 11 is 2.08. The average molecular weight is 502 g/mol. The van der Waals surface area contributed by atoms with Gasteiger partial charge in [-0.3, -0.25) is 10.3 Å². The fourth-order valence-corrected chi connectivity index (χ4v) is 6.40. The van der Waals surface area contributed by atoms with Crippen LogP contribution in [0.5, 0.6) is 5.88 Å². The Bertz CT molecular complexity index is 801. The second-order valence-corrected chi connectivity index (χ2v) is 11.8. The Balaban J connectivity index is 1.45. The Kier molecular flexibility index (Phi) is 10.4. The first-order chi connectivity index (χ1) is 17.2. The molecular weight excluding hydrogens is 454 g/mol. The smallest absolute Gasteiger partial charge is 0.217 e. The number of nitrogens with one attached hydrogen (secondary N) is 1. The molecule has 35 heavy (non-hydrogen) atoms. The first kappa shape index (κ1) is 26.6. The van der Waals surface area contributed by atoms with E-state index in [0.29, 0.717) is 18.1 Å². The highest BCUT2D eigenvalue weighted by molar-refractivity contribution is 7.99. The van der Waals surface area contributed by atoms with Crippen LogP contribution in [0.3, 0.4) is 0 Å². The maximum atomic E-state index is 6.42. The predicted octanol–water partition coefficient (Wildman–Crippen LogP) is 6.34. The Morgan fingerprint density at radius 2 is 1.94 bits per heavy atom. The van der Waals surface area contributed by atoms with Gasteiger partial charge in [-0.25, -0.2) is 0 Å². The molecule has 1 saturated carbocycles. The van der Waals surface area contributed by atoms with Crippen molar-refractivity contribution in [3.63, 3.8) is 0 Å². The SMILES string of the molecule is CCCCCC(/C=N\Nc1cc(OC2CCCCC2)nc(N2CC(N3CCSCC3)C2)c1C)CC. The minimum Gasteiger partial charge on any atom is -0.474 e. The number of nitrogens with zero attached hydrogens (tertiary/aromatic N) is 4. The lowest BCUT2D eigenvalue weighted by Gasteiger charge is -2.47. The fourth-order valence-electron chi connectivity index (χ4n) is 5.47. The summed E-state index contributed by atoms with van der Waals surface area (Å²) in [5.74, 6) is 4.88. The van der Waals surface area contributed by atoms with Crippen molar-refractivity contribution in [2.75, 3.05) is 48.0 Å². The van der Waals surface area contributed by atoms with Gasteiger partial charge in [-0.2, -0.15) is 21.8 Å². The quantitative estimate of drug-likeness (QED) is 0.205. The van der Waals surface area contributed by atoms with E-state index in [0.717, 1.165) is 49.7 Å². The van der Waals surface area contributed by atoms with Gasteiger partial charge in [-0.15, -0.1) is 0 Å². The van der Waals surface area contributed by atoms with Gasteiger partial charge in [0.15, 0.2) is 0 Å². The number of anilines is 2. The Labute approximate surface area is 217 Å². The number of thioether (sulfide) groups is 1. The van der Waals surface area contributed by atoms with Gasteiger partial charge in [0.05, 0.1) is 5.69 Å². The maximum absolute atomic E-state index is 6.42. The molecule has 1 unspecified atom stereocenters. The van der Waals surface area contributed by atoms with E-state index in [1.54, 1.807) is 0 Å². The molecule has 1 aromatic heterocycles. The van der Waals surface area contributed by atoms with Gasteiger partial charge in [0.2, 0.25) is 5.88 Å². The molecule has 3 fully saturated rings. The normalized spacial score (nSPS) is 21.3. The summed E-state index contributed by atoms with van der Waals surface area (Å²) in [6, 6.07) is 2.73. The first-order valence-electron chi connectivity index (χ1n) is 14.2. The minimum atomic E-state index is 0.293. The number of hydrogen-bond donors (Lipinski definition) is 1. The van der Waals surface area contributed by atoms with Crippen molar-refractivity contribution in [1.82, 2.24) is 9.88 Å². The minimum absolute atomic E-state index is 0.293. The summed E-state index contributed by atoms with van der Waals surface area (Å²) in [4.78, 5) is 10.1. The molecule has 0 bridgehead atoms. The maximum Gasteiger partial charge on any atom is 0.217 e. The number of hydrogen-bond acceptors (Lipinski definition) is 7. The molecule has 2 aliphatic heterocycles. The second-order valence-electron chi connectivity index (χ2n) is 10.6. The van der Waals surface area contributed by atoms with Crippen LogP contribution in [-0.4, -0.2) is 65.9 Å². The van der Waals surface area contributed by atoms with Gasteiger partial charge < -0.3 is 9.64 Å². The molecular formula is C28H47N5OS. The molecule has 0 radical (unpaired) electrons. The molecule has 0 amide bonds. The van der Waals surface area contributed by atoms with E-state index in [1.807, 2.05) is 0 Å². The predicted molar refractivity (Wildman–Crippen MR) is 151 cm³/mol. The van der Waals surface area contributed by atoms with Crippen LogP contribution in [0, 0.1) is 12.8 Å². The van der Waals surface area contributed by atoms with Crippen LogP contribution >= 0.6 is 11.8 Å². The number of unbranched alkanes of at least 4 members (excludes halogenated alkanes) is 2. The molecule has 2 saturated heterocycles. The molecule has 1 atom stereocenters. The summed E-state index contributed by atoms with van der Waals surface area (Å²) in [7, 11) is 0. The van der Waals surface area contributed by atoms with Crippen LogP contribution in [-0.2, 0) is 0 Å². The standard InChI is InChI=1S/C28H47N5OS/c1-4-6-8-11-23(5-2)19-29-31-26-18-27(34-25-12-9-7-10-13-25)30-28(22(26)3)33-20-24(21-33)32-14-16-35-17-15-32/h18-19,23-25H,4-17,20-21H2,1-3H3,(H,30,31)/b29-19-. The molecule has 196 valence electrons. The monoisotopic (exact) mass is 501 g/mol. The highest BCUT2D eigenvalue weighted by Crippen LogP contribution is 2.34. The van der Waals surface area contributed by atoms with Crippen molar-refractivity contribution in [3.8, 4) is 5.88 Å². The molecule has 1 aromatic rings. The molecule has 0 aromatic carbocycles. The molecule has 1 aliphatic carbocycles. The zero-order valence-corrected chi connectivity index (χ0v) is 23.1. The third-order valence-electron chi connectivity index (χ3n) is 7.96. The zero-order valence-electron chi connectivity index (χ0n) is 22.3. The lowest BCUT2D eigenvalue weighted by molar-refractivity contribution is 0.148. The van der Waals surface area contributed by atoms with Gasteiger partial charge in [0.1, 0.15) is 11.9 Å². The first-order valence-corrected chi connectivity index (χ1v) is 15.4. The Hall–Kier alpha value is -1.47. The summed E-state index contributed by atoms with van der Waals surface area (Å²) in [6.45, 7) is 11.3. The fraction of sp³-hybridized carbons (Fsp3) is 0.786. The van der Waals surface area contributed by atoms with E-state index < -0.39 is 0 Å². The van der Waals surface area contributed by atoms with Gasteiger partial charge in [-0.1, -0.05) is 39.5 Å². The summed E-state index contributed by atoms with van der Waals surface area (Å²) in [5.41, 5.74) is 5.57. The van der Waals surface area contributed by atoms with Crippen molar-refractivity contribution in [2.24, 2.45) is 11.0 Å². The molecule has 7 heteroatoms. The lowest BCUT2D eigenvalue weighted by atomic mass is 9.98. The van der Waals surface area contributed by atoms with Crippen LogP contribution in [0.1, 0.15) is 83.6 Å². The van der Waals surface area contributed by atoms with Crippen LogP contribution in [0.4, 0.5) is 11.5 Å². The van der Waals surface area contributed by atoms with E-state index in [9.17, 15) is 0 Å².